The summed E-state index contributed by atoms with van der Waals surface area (Å²) >= 11 is 0. The van der Waals surface area contributed by atoms with E-state index in [1.54, 1.807) is 18.2 Å². The molecular formula is C16H15F2NO. The maximum atomic E-state index is 12.7. The Morgan fingerprint density at radius 3 is 2.70 bits per heavy atom. The van der Waals surface area contributed by atoms with Crippen molar-refractivity contribution in [1.29, 1.82) is 0 Å². The summed E-state index contributed by atoms with van der Waals surface area (Å²) < 4.78 is 25.5. The van der Waals surface area contributed by atoms with E-state index in [1.165, 1.54) is 12.3 Å². The van der Waals surface area contributed by atoms with Gasteiger partial charge in [0.05, 0.1) is 6.21 Å². The predicted octanol–water partition coefficient (Wildman–Crippen LogP) is 4.48. The summed E-state index contributed by atoms with van der Waals surface area (Å²) in [7, 11) is 0. The molecule has 2 nitrogen and oxygen atoms in total. The number of halogens is 2. The third-order valence-electron chi connectivity index (χ3n) is 2.81. The summed E-state index contributed by atoms with van der Waals surface area (Å²) in [5.74, 6) is 0. The molecule has 0 unspecified atom stereocenters. The zero-order valence-corrected chi connectivity index (χ0v) is 11.1. The van der Waals surface area contributed by atoms with Gasteiger partial charge < -0.3 is 4.84 Å². The summed E-state index contributed by atoms with van der Waals surface area (Å²) in [6.45, 7) is 2.31. The molecule has 0 amide bonds. The number of alkyl halides is 2. The number of rotatable bonds is 5. The van der Waals surface area contributed by atoms with Crippen LogP contribution in [0.4, 0.5) is 8.78 Å². The normalized spacial score (nSPS) is 11.2. The summed E-state index contributed by atoms with van der Waals surface area (Å²) in [4.78, 5) is 5.14. The molecule has 0 aromatic heterocycles. The minimum Gasteiger partial charge on any atom is -0.391 e. The molecule has 0 aliphatic rings. The lowest BCUT2D eigenvalue weighted by molar-refractivity contribution is 0.131. The van der Waals surface area contributed by atoms with Crippen LogP contribution in [0.25, 0.3) is 0 Å². The lowest BCUT2D eigenvalue weighted by Gasteiger charge is -2.04. The molecule has 0 fully saturated rings. The van der Waals surface area contributed by atoms with E-state index in [-0.39, 0.29) is 5.56 Å². The van der Waals surface area contributed by atoms with Gasteiger partial charge in [-0.2, -0.15) is 0 Å². The average Bonchev–Trinajstić information content (AvgIpc) is 2.44. The second-order valence-electron chi connectivity index (χ2n) is 4.43. The third-order valence-corrected chi connectivity index (χ3v) is 2.81. The van der Waals surface area contributed by atoms with Gasteiger partial charge in [-0.15, -0.1) is 0 Å². The van der Waals surface area contributed by atoms with Gasteiger partial charge in [0.15, 0.2) is 0 Å². The molecule has 0 atom stereocenters. The van der Waals surface area contributed by atoms with E-state index < -0.39 is 6.43 Å². The first-order valence-corrected chi connectivity index (χ1v) is 6.25. The number of oxime groups is 1. The Labute approximate surface area is 116 Å². The van der Waals surface area contributed by atoms with Crippen molar-refractivity contribution in [2.75, 3.05) is 0 Å². The molecule has 0 heterocycles. The molecule has 0 saturated carbocycles. The van der Waals surface area contributed by atoms with Crippen LogP contribution in [0.5, 0.6) is 0 Å². The minimum absolute atomic E-state index is 0.0459. The van der Waals surface area contributed by atoms with Crippen LogP contribution in [-0.2, 0) is 11.4 Å². The van der Waals surface area contributed by atoms with E-state index in [1.807, 2.05) is 31.2 Å². The first-order valence-electron chi connectivity index (χ1n) is 6.25. The van der Waals surface area contributed by atoms with Gasteiger partial charge in [0.25, 0.3) is 6.43 Å². The summed E-state index contributed by atoms with van der Waals surface area (Å²) in [6.07, 6.45) is -1.20. The second-order valence-corrected chi connectivity index (χ2v) is 4.43. The van der Waals surface area contributed by atoms with Crippen LogP contribution in [-0.4, -0.2) is 6.21 Å². The number of aryl methyl sites for hydroxylation is 1. The zero-order chi connectivity index (χ0) is 14.4. The van der Waals surface area contributed by atoms with Gasteiger partial charge in [0.1, 0.15) is 6.61 Å². The van der Waals surface area contributed by atoms with E-state index in [9.17, 15) is 8.78 Å². The first-order chi connectivity index (χ1) is 9.66. The van der Waals surface area contributed by atoms with Crippen molar-refractivity contribution in [3.8, 4) is 0 Å². The minimum atomic E-state index is -2.52. The van der Waals surface area contributed by atoms with Crippen molar-refractivity contribution in [2.45, 2.75) is 20.0 Å². The van der Waals surface area contributed by atoms with Gasteiger partial charge in [0.2, 0.25) is 0 Å². The molecule has 4 heteroatoms. The van der Waals surface area contributed by atoms with Crippen LogP contribution in [0.3, 0.4) is 0 Å². The molecule has 0 aliphatic carbocycles. The van der Waals surface area contributed by atoms with E-state index in [0.717, 1.165) is 11.1 Å². The first kappa shape index (κ1) is 14.2. The van der Waals surface area contributed by atoms with E-state index in [0.29, 0.717) is 12.2 Å². The van der Waals surface area contributed by atoms with Crippen molar-refractivity contribution >= 4 is 6.21 Å². The Balaban J connectivity index is 1.97. The number of hydrogen-bond donors (Lipinski definition) is 0. The van der Waals surface area contributed by atoms with Gasteiger partial charge in [-0.05, 0) is 12.5 Å². The largest absolute Gasteiger partial charge is 0.391 e. The molecule has 104 valence electrons. The Hall–Kier alpha value is -2.23. The molecule has 0 saturated heterocycles. The van der Waals surface area contributed by atoms with E-state index >= 15 is 0 Å². The third kappa shape index (κ3) is 3.88. The maximum Gasteiger partial charge on any atom is 0.264 e. The fraction of sp³-hybridized carbons (Fsp3) is 0.188. The molecule has 2 aromatic carbocycles. The van der Waals surface area contributed by atoms with Crippen LogP contribution >= 0.6 is 0 Å². The smallest absolute Gasteiger partial charge is 0.264 e. The molecular weight excluding hydrogens is 260 g/mol. The summed E-state index contributed by atoms with van der Waals surface area (Å²) in [5, 5.41) is 3.75. The van der Waals surface area contributed by atoms with Gasteiger partial charge in [-0.25, -0.2) is 8.78 Å². The maximum absolute atomic E-state index is 12.7. The molecule has 0 N–H and O–H groups in total. The highest BCUT2D eigenvalue weighted by Gasteiger charge is 2.10. The molecule has 0 aliphatic heterocycles. The van der Waals surface area contributed by atoms with E-state index in [2.05, 4.69) is 5.16 Å². The monoisotopic (exact) mass is 275 g/mol. The zero-order valence-electron chi connectivity index (χ0n) is 11.1. The van der Waals surface area contributed by atoms with Crippen molar-refractivity contribution in [1.82, 2.24) is 0 Å². The summed E-state index contributed by atoms with van der Waals surface area (Å²) in [6, 6.07) is 14.1. The van der Waals surface area contributed by atoms with Crippen molar-refractivity contribution < 1.29 is 13.6 Å². The topological polar surface area (TPSA) is 21.6 Å². The van der Waals surface area contributed by atoms with Crippen LogP contribution in [0.1, 0.15) is 28.7 Å². The Bertz CT molecular complexity index is 597. The highest BCUT2D eigenvalue weighted by Crippen LogP contribution is 2.21. The molecule has 0 spiro atoms. The van der Waals surface area contributed by atoms with Crippen molar-refractivity contribution in [2.24, 2.45) is 5.16 Å². The van der Waals surface area contributed by atoms with Gasteiger partial charge in [0, 0.05) is 11.1 Å². The average molecular weight is 275 g/mol. The fourth-order valence-corrected chi connectivity index (χ4v) is 1.83. The van der Waals surface area contributed by atoms with Crippen LogP contribution < -0.4 is 0 Å². The van der Waals surface area contributed by atoms with Crippen LogP contribution in [0.2, 0.25) is 0 Å². The van der Waals surface area contributed by atoms with Crippen LogP contribution in [0.15, 0.2) is 53.7 Å². The molecule has 2 aromatic rings. The predicted molar refractivity (Wildman–Crippen MR) is 75.0 cm³/mol. The Kier molecular flexibility index (Phi) is 4.82. The van der Waals surface area contributed by atoms with Gasteiger partial charge in [-0.3, -0.25) is 0 Å². The standard InChI is InChI=1S/C16H15F2NO/c1-12-5-4-6-13(9-12)11-20-19-10-14-7-2-3-8-15(14)16(17)18/h2-10,16H,11H2,1H3. The Morgan fingerprint density at radius 2 is 1.95 bits per heavy atom. The summed E-state index contributed by atoms with van der Waals surface area (Å²) in [5.41, 5.74) is 2.45. The number of benzene rings is 2. The van der Waals surface area contributed by atoms with Gasteiger partial charge >= 0.3 is 0 Å². The van der Waals surface area contributed by atoms with E-state index in [4.69, 9.17) is 4.84 Å². The SMILES string of the molecule is Cc1cccc(CON=Cc2ccccc2C(F)F)c1. The van der Waals surface area contributed by atoms with Gasteiger partial charge in [-0.1, -0.05) is 59.3 Å². The molecule has 0 radical (unpaired) electrons. The Morgan fingerprint density at radius 1 is 1.15 bits per heavy atom. The molecule has 2 rings (SSSR count). The van der Waals surface area contributed by atoms with Crippen LogP contribution in [0, 0.1) is 6.92 Å². The van der Waals surface area contributed by atoms with Crippen molar-refractivity contribution in [3.05, 3.63) is 70.8 Å². The highest BCUT2D eigenvalue weighted by atomic mass is 19.3. The highest BCUT2D eigenvalue weighted by molar-refractivity contribution is 5.81. The quantitative estimate of drug-likeness (QED) is 0.582. The molecule has 0 bridgehead atoms. The fourth-order valence-electron chi connectivity index (χ4n) is 1.83. The van der Waals surface area contributed by atoms with Crippen molar-refractivity contribution in [3.63, 3.8) is 0 Å². The number of nitrogens with zero attached hydrogens (tertiary/aromatic N) is 1. The lowest BCUT2D eigenvalue weighted by Crippen LogP contribution is -1.94. The second kappa shape index (κ2) is 6.80. The molecule has 20 heavy (non-hydrogen) atoms. The lowest BCUT2D eigenvalue weighted by atomic mass is 10.1. The number of hydrogen-bond acceptors (Lipinski definition) is 2.